The van der Waals surface area contributed by atoms with E-state index in [1.807, 2.05) is 0 Å². The Morgan fingerprint density at radius 3 is 1.96 bits per heavy atom. The fourth-order valence-corrected chi connectivity index (χ4v) is 13.9. The zero-order valence-electron chi connectivity index (χ0n) is 34.2. The number of aliphatic hydroxyl groups excluding tert-OH is 10. The number of rotatable bonds is 7. The number of aliphatic hydroxyl groups is 10. The van der Waals surface area contributed by atoms with Crippen molar-refractivity contribution in [3.05, 3.63) is 11.6 Å². The van der Waals surface area contributed by atoms with E-state index >= 15 is 0 Å². The second kappa shape index (κ2) is 15.2. The first-order chi connectivity index (χ1) is 26.6. The minimum absolute atomic E-state index is 0.0805. The van der Waals surface area contributed by atoms with Crippen LogP contribution >= 0.6 is 0 Å². The average molecular weight is 813 g/mol. The van der Waals surface area contributed by atoms with Crippen molar-refractivity contribution in [3.8, 4) is 0 Å². The minimum Gasteiger partial charge on any atom is -0.432 e. The molecule has 2 saturated heterocycles. The summed E-state index contributed by atoms with van der Waals surface area (Å²) in [6.07, 6.45) is -9.51. The minimum atomic E-state index is -1.76. The normalized spacial score (nSPS) is 54.7. The molecule has 57 heavy (non-hydrogen) atoms. The predicted molar refractivity (Wildman–Crippen MR) is 200 cm³/mol. The third-order valence-electron chi connectivity index (χ3n) is 17.5. The molecule has 6 fully saturated rings. The standard InChI is InChI=1S/C42H68O15/c1-19-20(18-54-35-32(50)30(48)28(46)23(16-43)55-35)9-12-42(37(53)57-36-33(51)31(49)29(47)24(17-44)56-36)14-13-40(5)21(27(19)42)7-8-26-39(4)15-22(45)34(52)38(2,3)25(39)10-11-41(26,40)6/h7,19-20,22-36,43-52H,8-18H2,1-6H3/t19-,20-,22+,23+,24+,25-,26+,27-,28+,29+,30-,31-,32+,33+,34-,35+,36-,39-,40+,41+,42-/m0/s1. The topological polar surface area (TPSA) is 256 Å². The Kier molecular flexibility index (Phi) is 11.7. The molecule has 0 radical (unpaired) electrons. The Morgan fingerprint density at radius 1 is 0.754 bits per heavy atom. The Balaban J connectivity index is 1.23. The molecule has 0 aromatic rings. The van der Waals surface area contributed by atoms with E-state index in [4.69, 9.17) is 18.9 Å². The first-order valence-electron chi connectivity index (χ1n) is 21.1. The molecule has 0 aromatic carbocycles. The number of allylic oxidation sites excluding steroid dienone is 2. The maximum atomic E-state index is 14.8. The molecule has 7 rings (SSSR count). The summed E-state index contributed by atoms with van der Waals surface area (Å²) in [7, 11) is 0. The molecule has 0 aromatic heterocycles. The van der Waals surface area contributed by atoms with E-state index in [1.54, 1.807) is 0 Å². The van der Waals surface area contributed by atoms with Gasteiger partial charge in [-0.15, -0.1) is 0 Å². The van der Waals surface area contributed by atoms with Gasteiger partial charge in [-0.1, -0.05) is 53.2 Å². The van der Waals surface area contributed by atoms with Crippen molar-refractivity contribution in [1.82, 2.24) is 0 Å². The lowest BCUT2D eigenvalue weighted by Crippen LogP contribution is -2.67. The van der Waals surface area contributed by atoms with Crippen LogP contribution in [0.1, 0.15) is 92.9 Å². The molecular weight excluding hydrogens is 744 g/mol. The van der Waals surface area contributed by atoms with Crippen LogP contribution < -0.4 is 0 Å². The van der Waals surface area contributed by atoms with Gasteiger partial charge < -0.3 is 70.0 Å². The zero-order valence-corrected chi connectivity index (χ0v) is 34.2. The summed E-state index contributed by atoms with van der Waals surface area (Å²) in [6.45, 7) is 12.0. The molecule has 0 spiro atoms. The number of carbonyl (C=O) groups is 1. The van der Waals surface area contributed by atoms with Gasteiger partial charge in [0.05, 0.1) is 37.4 Å². The Bertz CT molecular complexity index is 1520. The van der Waals surface area contributed by atoms with Crippen LogP contribution in [0.2, 0.25) is 0 Å². The van der Waals surface area contributed by atoms with Gasteiger partial charge in [0, 0.05) is 0 Å². The van der Waals surface area contributed by atoms with Gasteiger partial charge >= 0.3 is 5.97 Å². The Labute approximate surface area is 335 Å². The smallest absolute Gasteiger partial charge is 0.315 e. The van der Waals surface area contributed by atoms with Crippen LogP contribution in [-0.4, -0.2) is 150 Å². The number of esters is 1. The van der Waals surface area contributed by atoms with E-state index in [9.17, 15) is 55.9 Å². The second-order valence-corrected chi connectivity index (χ2v) is 20.3. The summed E-state index contributed by atoms with van der Waals surface area (Å²) >= 11 is 0. The van der Waals surface area contributed by atoms with Crippen molar-refractivity contribution in [1.29, 1.82) is 0 Å². The van der Waals surface area contributed by atoms with Gasteiger partial charge in [0.2, 0.25) is 6.29 Å². The van der Waals surface area contributed by atoms with Crippen molar-refractivity contribution in [2.45, 2.75) is 167 Å². The molecule has 5 aliphatic carbocycles. The molecule has 2 heterocycles. The lowest BCUT2D eigenvalue weighted by molar-refractivity contribution is -0.306. The van der Waals surface area contributed by atoms with Crippen LogP contribution in [0.15, 0.2) is 11.6 Å². The maximum Gasteiger partial charge on any atom is 0.315 e. The third kappa shape index (κ3) is 6.43. The monoisotopic (exact) mass is 812 g/mol. The summed E-state index contributed by atoms with van der Waals surface area (Å²) in [6, 6.07) is 0. The molecule has 7 aliphatic rings. The zero-order chi connectivity index (χ0) is 41.8. The maximum absolute atomic E-state index is 14.8. The molecule has 0 bridgehead atoms. The number of carbonyl (C=O) groups excluding carboxylic acids is 1. The fraction of sp³-hybridized carbons (Fsp3) is 0.929. The number of ether oxygens (including phenoxy) is 4. The van der Waals surface area contributed by atoms with E-state index in [-0.39, 0.29) is 52.4 Å². The van der Waals surface area contributed by atoms with Gasteiger partial charge in [0.25, 0.3) is 0 Å². The van der Waals surface area contributed by atoms with Crippen LogP contribution in [0.3, 0.4) is 0 Å². The van der Waals surface area contributed by atoms with Gasteiger partial charge in [0.15, 0.2) is 6.29 Å². The Morgan fingerprint density at radius 2 is 1.35 bits per heavy atom. The van der Waals surface area contributed by atoms with Crippen molar-refractivity contribution in [3.63, 3.8) is 0 Å². The van der Waals surface area contributed by atoms with E-state index in [2.05, 4.69) is 47.6 Å². The second-order valence-electron chi connectivity index (χ2n) is 20.3. The van der Waals surface area contributed by atoms with Crippen LogP contribution in [-0.2, 0) is 23.7 Å². The third-order valence-corrected chi connectivity index (χ3v) is 17.5. The van der Waals surface area contributed by atoms with Crippen LogP contribution in [0.25, 0.3) is 0 Å². The summed E-state index contributed by atoms with van der Waals surface area (Å²) < 4.78 is 23.4. The highest BCUT2D eigenvalue weighted by Crippen LogP contribution is 2.76. The first-order valence-corrected chi connectivity index (χ1v) is 21.1. The molecule has 21 atom stereocenters. The lowest BCUT2D eigenvalue weighted by atomic mass is 9.33. The van der Waals surface area contributed by atoms with Crippen LogP contribution in [0.5, 0.6) is 0 Å². The van der Waals surface area contributed by atoms with E-state index < -0.39 is 104 Å². The Hall–Kier alpha value is -1.31. The van der Waals surface area contributed by atoms with Gasteiger partial charge in [-0.25, -0.2) is 0 Å². The highest BCUT2D eigenvalue weighted by Gasteiger charge is 2.71. The van der Waals surface area contributed by atoms with Crippen LogP contribution in [0.4, 0.5) is 0 Å². The molecular formula is C42H68O15. The van der Waals surface area contributed by atoms with Gasteiger partial charge in [-0.3, -0.25) is 4.79 Å². The molecule has 4 saturated carbocycles. The molecule has 15 nitrogen and oxygen atoms in total. The van der Waals surface area contributed by atoms with Gasteiger partial charge in [0.1, 0.15) is 48.8 Å². The highest BCUT2D eigenvalue weighted by molar-refractivity contribution is 5.79. The van der Waals surface area contributed by atoms with Crippen molar-refractivity contribution in [2.24, 2.45) is 56.7 Å². The summed E-state index contributed by atoms with van der Waals surface area (Å²) in [4.78, 5) is 14.8. The van der Waals surface area contributed by atoms with Gasteiger partial charge in [-0.2, -0.15) is 0 Å². The largest absolute Gasteiger partial charge is 0.432 e. The average Bonchev–Trinajstić information content (AvgIpc) is 3.16. The molecule has 0 amide bonds. The first kappa shape index (κ1) is 43.8. The predicted octanol–water partition coefficient (Wildman–Crippen LogP) is 0.115. The van der Waals surface area contributed by atoms with E-state index in [0.717, 1.165) is 18.4 Å². The fourth-order valence-electron chi connectivity index (χ4n) is 13.9. The SMILES string of the molecule is C[C@H]1[C@H](CO[C@@H]2O[C@H](CO)[C@@H](O)[C@H](O)[C@H]2O)CC[C@]2(C(=O)O[C@@H]3O[C@H](CO)[C@@H](O)[C@H](O)[C@H]3O)CC[C@]3(C)C(=CC[C@@H]4[C@@]5(C)C[C@@H](O)[C@H](O)C(C)(C)[C@@H]5CC[C@]43C)[C@H]12. The van der Waals surface area contributed by atoms with E-state index in [0.29, 0.717) is 38.5 Å². The summed E-state index contributed by atoms with van der Waals surface area (Å²) in [5.74, 6) is -1.01. The molecule has 2 aliphatic heterocycles. The molecule has 326 valence electrons. The lowest BCUT2D eigenvalue weighted by Gasteiger charge is -2.71. The summed E-state index contributed by atoms with van der Waals surface area (Å²) in [5.41, 5.74) is -1.33. The molecule has 15 heteroatoms. The number of hydrogen-bond donors (Lipinski definition) is 10. The number of fused-ring (bicyclic) bond motifs is 7. The van der Waals surface area contributed by atoms with Crippen molar-refractivity contribution < 1.29 is 74.8 Å². The highest BCUT2D eigenvalue weighted by atomic mass is 16.7. The van der Waals surface area contributed by atoms with Crippen LogP contribution in [0, 0.1) is 56.7 Å². The molecule has 10 N–H and O–H groups in total. The van der Waals surface area contributed by atoms with E-state index in [1.165, 1.54) is 0 Å². The molecule has 0 unspecified atom stereocenters. The van der Waals surface area contributed by atoms with Gasteiger partial charge in [-0.05, 0) is 103 Å². The van der Waals surface area contributed by atoms with Crippen molar-refractivity contribution in [2.75, 3.05) is 19.8 Å². The quantitative estimate of drug-likeness (QED) is 0.121. The van der Waals surface area contributed by atoms with Crippen molar-refractivity contribution >= 4 is 5.97 Å². The summed E-state index contributed by atoms with van der Waals surface area (Å²) in [5, 5.41) is 105. The number of hydrogen-bond acceptors (Lipinski definition) is 15.